The first-order chi connectivity index (χ1) is 10.7. The number of nitrogens with zero attached hydrogens (tertiary/aromatic N) is 3. The van der Waals surface area contributed by atoms with Gasteiger partial charge in [-0.2, -0.15) is 13.2 Å². The van der Waals surface area contributed by atoms with E-state index in [1.165, 1.54) is 17.8 Å². The first-order valence-electron chi connectivity index (χ1n) is 6.18. The predicted molar refractivity (Wildman–Crippen MR) is 78.2 cm³/mol. The summed E-state index contributed by atoms with van der Waals surface area (Å²) in [5.41, 5.74) is 0.547. The molecule has 0 saturated heterocycles. The minimum Gasteiger partial charge on any atom is -0.463 e. The largest absolute Gasteiger partial charge is 0.463 e. The molecule has 0 amide bonds. The number of rotatable bonds is 4. The molecule has 0 spiro atoms. The smallest absolute Gasteiger partial charge is 0.425 e. The third kappa shape index (κ3) is 4.44. The normalized spacial score (nSPS) is 13.0. The van der Waals surface area contributed by atoms with Crippen LogP contribution in [0.2, 0.25) is 5.15 Å². The van der Waals surface area contributed by atoms with Crippen LogP contribution in [0.1, 0.15) is 6.92 Å². The number of hydrogen-bond donors (Lipinski definition) is 0. The van der Waals surface area contributed by atoms with Crippen molar-refractivity contribution in [2.24, 2.45) is 0 Å². The Labute approximate surface area is 138 Å². The summed E-state index contributed by atoms with van der Waals surface area (Å²) >= 11 is 7.08. The van der Waals surface area contributed by atoms with Crippen LogP contribution in [0.25, 0.3) is 11.3 Å². The molecule has 124 valence electrons. The lowest BCUT2D eigenvalue weighted by Crippen LogP contribution is -2.31. The van der Waals surface area contributed by atoms with Crippen LogP contribution in [0.4, 0.5) is 17.6 Å². The maximum absolute atomic E-state index is 13.9. The fourth-order valence-electron chi connectivity index (χ4n) is 1.52. The van der Waals surface area contributed by atoms with Crippen molar-refractivity contribution in [3.05, 3.63) is 29.3 Å². The molecule has 4 nitrogen and oxygen atoms in total. The summed E-state index contributed by atoms with van der Waals surface area (Å²) < 4.78 is 55.7. The molecule has 2 rings (SSSR count). The van der Waals surface area contributed by atoms with E-state index in [2.05, 4.69) is 19.7 Å². The van der Waals surface area contributed by atoms with E-state index in [0.717, 1.165) is 19.2 Å². The predicted octanol–water partition coefficient (Wildman–Crippen LogP) is 4.38. The third-order valence-electron chi connectivity index (χ3n) is 2.71. The van der Waals surface area contributed by atoms with Crippen molar-refractivity contribution in [3.8, 4) is 17.1 Å². The Morgan fingerprint density at radius 2 is 1.96 bits per heavy atom. The number of ether oxygens (including phenoxy) is 1. The highest BCUT2D eigenvalue weighted by Crippen LogP contribution is 2.28. The van der Waals surface area contributed by atoms with E-state index in [4.69, 9.17) is 11.6 Å². The van der Waals surface area contributed by atoms with Crippen molar-refractivity contribution in [2.45, 2.75) is 24.4 Å². The van der Waals surface area contributed by atoms with Crippen LogP contribution in [0.5, 0.6) is 5.88 Å². The Balaban J connectivity index is 2.31. The summed E-state index contributed by atoms with van der Waals surface area (Å²) in [6, 6.07) is 2.38. The van der Waals surface area contributed by atoms with Crippen LogP contribution < -0.4 is 4.74 Å². The number of thioether (sulfide) groups is 1. The lowest BCUT2D eigenvalue weighted by Gasteiger charge is -2.17. The maximum Gasteiger partial charge on any atom is 0.425 e. The molecule has 23 heavy (non-hydrogen) atoms. The van der Waals surface area contributed by atoms with E-state index in [9.17, 15) is 17.6 Å². The lowest BCUT2D eigenvalue weighted by molar-refractivity contribution is -0.190. The average Bonchev–Trinajstić information content (AvgIpc) is 2.47. The molecule has 1 atom stereocenters. The van der Waals surface area contributed by atoms with Crippen molar-refractivity contribution < 1.29 is 22.3 Å². The molecule has 2 aromatic rings. The third-order valence-corrected chi connectivity index (χ3v) is 3.45. The molecular weight excluding hydrogens is 358 g/mol. The van der Waals surface area contributed by atoms with E-state index in [1.54, 1.807) is 6.26 Å². The fourth-order valence-corrected chi connectivity index (χ4v) is 2.14. The van der Waals surface area contributed by atoms with Gasteiger partial charge in [-0.15, -0.1) is 0 Å². The first kappa shape index (κ1) is 17.7. The average molecular weight is 368 g/mol. The Bertz CT molecular complexity index is 714. The van der Waals surface area contributed by atoms with Crippen LogP contribution in [0.3, 0.4) is 0 Å². The van der Waals surface area contributed by atoms with E-state index in [0.29, 0.717) is 10.9 Å². The molecule has 0 unspecified atom stereocenters. The Morgan fingerprint density at radius 1 is 1.26 bits per heavy atom. The minimum absolute atomic E-state index is 0.158. The quantitative estimate of drug-likeness (QED) is 0.347. The number of pyridine rings is 1. The molecule has 0 saturated carbocycles. The van der Waals surface area contributed by atoms with Gasteiger partial charge < -0.3 is 4.74 Å². The van der Waals surface area contributed by atoms with Crippen LogP contribution in [0, 0.1) is 5.82 Å². The zero-order valence-electron chi connectivity index (χ0n) is 11.9. The van der Waals surface area contributed by atoms with Gasteiger partial charge in [-0.25, -0.2) is 19.3 Å². The maximum atomic E-state index is 13.9. The van der Waals surface area contributed by atoms with Gasteiger partial charge in [-0.3, -0.25) is 0 Å². The highest BCUT2D eigenvalue weighted by molar-refractivity contribution is 7.98. The second kappa shape index (κ2) is 6.88. The molecule has 0 aliphatic rings. The topological polar surface area (TPSA) is 47.9 Å². The van der Waals surface area contributed by atoms with Crippen LogP contribution in [-0.2, 0) is 0 Å². The highest BCUT2D eigenvalue weighted by Gasteiger charge is 2.38. The molecule has 0 aliphatic carbocycles. The molecule has 0 aliphatic heterocycles. The molecule has 0 fully saturated rings. The summed E-state index contributed by atoms with van der Waals surface area (Å²) in [5.74, 6) is -1.76. The molecular formula is C13H10ClF4N3OS. The Kier molecular flexibility index (Phi) is 5.30. The second-order valence-electron chi connectivity index (χ2n) is 4.38. The standard InChI is InChI=1S/C13H10ClF4N3OS/c1-6(13(16,17)18)22-11-8(15)3-7(5-19-11)9-4-10(14)21-12(20-9)23-2/h3-6H,1-2H3/t6-/m0/s1. The van der Waals surface area contributed by atoms with Gasteiger partial charge in [0, 0.05) is 17.8 Å². The number of alkyl halides is 3. The fraction of sp³-hybridized carbons (Fsp3) is 0.308. The highest BCUT2D eigenvalue weighted by atomic mass is 35.5. The zero-order valence-corrected chi connectivity index (χ0v) is 13.4. The molecule has 2 aromatic heterocycles. The van der Waals surface area contributed by atoms with Crippen molar-refractivity contribution >= 4 is 23.4 Å². The summed E-state index contributed by atoms with van der Waals surface area (Å²) in [4.78, 5) is 11.7. The molecule has 0 bridgehead atoms. The van der Waals surface area contributed by atoms with Gasteiger partial charge >= 0.3 is 6.18 Å². The van der Waals surface area contributed by atoms with E-state index >= 15 is 0 Å². The van der Waals surface area contributed by atoms with Gasteiger partial charge in [-0.1, -0.05) is 23.4 Å². The molecule has 2 heterocycles. The van der Waals surface area contributed by atoms with Crippen molar-refractivity contribution in [1.82, 2.24) is 15.0 Å². The first-order valence-corrected chi connectivity index (χ1v) is 7.79. The summed E-state index contributed by atoms with van der Waals surface area (Å²) in [7, 11) is 0. The van der Waals surface area contributed by atoms with Gasteiger partial charge in [-0.05, 0) is 19.2 Å². The van der Waals surface area contributed by atoms with Crippen molar-refractivity contribution in [3.63, 3.8) is 0 Å². The SMILES string of the molecule is CSc1nc(Cl)cc(-c2cnc(O[C@@H](C)C(F)(F)F)c(F)c2)n1. The van der Waals surface area contributed by atoms with Gasteiger partial charge in [0.25, 0.3) is 5.88 Å². The Morgan fingerprint density at radius 3 is 2.52 bits per heavy atom. The second-order valence-corrected chi connectivity index (χ2v) is 5.54. The van der Waals surface area contributed by atoms with E-state index in [1.807, 2.05) is 0 Å². The summed E-state index contributed by atoms with van der Waals surface area (Å²) in [5, 5.41) is 0.532. The zero-order chi connectivity index (χ0) is 17.2. The van der Waals surface area contributed by atoms with Gasteiger partial charge in [0.1, 0.15) is 5.15 Å². The molecule has 0 aromatic carbocycles. The lowest BCUT2D eigenvalue weighted by atomic mass is 10.2. The summed E-state index contributed by atoms with van der Waals surface area (Å²) in [6.45, 7) is 0.768. The Hall–Kier alpha value is -1.61. The van der Waals surface area contributed by atoms with Crippen molar-refractivity contribution in [2.75, 3.05) is 6.26 Å². The van der Waals surface area contributed by atoms with E-state index < -0.39 is 24.0 Å². The number of halogens is 5. The van der Waals surface area contributed by atoms with Gasteiger partial charge in [0.05, 0.1) is 5.69 Å². The summed E-state index contributed by atoms with van der Waals surface area (Å²) in [6.07, 6.45) is -3.89. The number of aromatic nitrogens is 3. The van der Waals surface area contributed by atoms with Crippen molar-refractivity contribution in [1.29, 1.82) is 0 Å². The van der Waals surface area contributed by atoms with Crippen LogP contribution >= 0.6 is 23.4 Å². The van der Waals surface area contributed by atoms with Crippen LogP contribution in [-0.4, -0.2) is 33.5 Å². The monoisotopic (exact) mass is 367 g/mol. The number of hydrogen-bond acceptors (Lipinski definition) is 5. The van der Waals surface area contributed by atoms with E-state index in [-0.39, 0.29) is 10.7 Å². The molecule has 0 N–H and O–H groups in total. The van der Waals surface area contributed by atoms with Gasteiger partial charge in [0.15, 0.2) is 17.1 Å². The van der Waals surface area contributed by atoms with Crippen LogP contribution in [0.15, 0.2) is 23.5 Å². The van der Waals surface area contributed by atoms with Gasteiger partial charge in [0.2, 0.25) is 0 Å². The molecule has 10 heteroatoms. The molecule has 0 radical (unpaired) electrons. The minimum atomic E-state index is -4.61.